The second kappa shape index (κ2) is 11.6. The van der Waals surface area contributed by atoms with Crippen molar-refractivity contribution in [3.63, 3.8) is 0 Å². The molecule has 0 fully saturated rings. The fraction of sp³-hybridized carbons (Fsp3) is 0.333. The number of nitrogens with zero attached hydrogens (tertiary/aromatic N) is 4. The molecule has 8 nitrogen and oxygen atoms in total. The number of urea groups is 1. The summed E-state index contributed by atoms with van der Waals surface area (Å²) < 4.78 is 0. The van der Waals surface area contributed by atoms with Gasteiger partial charge in [0.1, 0.15) is 0 Å². The molecule has 8 heteroatoms. The molecule has 198 valence electrons. The molecule has 0 saturated carbocycles. The number of aliphatic hydroxyl groups is 1. The van der Waals surface area contributed by atoms with Gasteiger partial charge in [-0.05, 0) is 53.6 Å². The number of carbonyl (C=O) groups excluding carboxylic acids is 1. The number of tetrazole rings is 1. The Morgan fingerprint density at radius 3 is 2.18 bits per heavy atom. The first-order valence-corrected chi connectivity index (χ1v) is 12.8. The van der Waals surface area contributed by atoms with E-state index in [4.69, 9.17) is 0 Å². The van der Waals surface area contributed by atoms with Crippen molar-refractivity contribution in [2.24, 2.45) is 0 Å². The number of nitrogens with one attached hydrogen (secondary N) is 2. The molecule has 2 atom stereocenters. The SMILES string of the molecule is Cc1ccc(C(C)NC(=O)N(Cc2ccc(C(O)Cc3nn[nH]n3)cc2)c2ccc(C(C)(C)C)cc2)cc1. The molecule has 3 aromatic carbocycles. The van der Waals surface area contributed by atoms with Crippen molar-refractivity contribution >= 4 is 11.7 Å². The van der Waals surface area contributed by atoms with Gasteiger partial charge in [0, 0.05) is 12.1 Å². The molecule has 0 aliphatic carbocycles. The van der Waals surface area contributed by atoms with Crippen molar-refractivity contribution in [3.8, 4) is 0 Å². The Kier molecular flexibility index (Phi) is 8.22. The minimum absolute atomic E-state index is 0.0176. The summed E-state index contributed by atoms with van der Waals surface area (Å²) in [6.07, 6.45) is -0.483. The molecule has 0 spiro atoms. The van der Waals surface area contributed by atoms with Gasteiger partial charge < -0.3 is 10.4 Å². The van der Waals surface area contributed by atoms with Crippen molar-refractivity contribution in [2.45, 2.75) is 65.1 Å². The van der Waals surface area contributed by atoms with Crippen LogP contribution in [0, 0.1) is 6.92 Å². The fourth-order valence-electron chi connectivity index (χ4n) is 4.21. The van der Waals surface area contributed by atoms with E-state index in [9.17, 15) is 9.90 Å². The van der Waals surface area contributed by atoms with Gasteiger partial charge in [0.05, 0.1) is 18.7 Å². The molecule has 0 aliphatic heterocycles. The molecule has 38 heavy (non-hydrogen) atoms. The lowest BCUT2D eigenvalue weighted by molar-refractivity contribution is 0.176. The molecule has 0 aliphatic rings. The number of amides is 2. The third kappa shape index (κ3) is 6.83. The minimum atomic E-state index is -0.749. The van der Waals surface area contributed by atoms with Gasteiger partial charge in [0.2, 0.25) is 0 Å². The highest BCUT2D eigenvalue weighted by Crippen LogP contribution is 2.27. The lowest BCUT2D eigenvalue weighted by Gasteiger charge is -2.27. The zero-order valence-corrected chi connectivity index (χ0v) is 22.6. The second-order valence-corrected chi connectivity index (χ2v) is 10.8. The third-order valence-electron chi connectivity index (χ3n) is 6.68. The minimum Gasteiger partial charge on any atom is -0.388 e. The van der Waals surface area contributed by atoms with Crippen molar-refractivity contribution in [1.29, 1.82) is 0 Å². The number of aromatic amines is 1. The van der Waals surface area contributed by atoms with Crippen LogP contribution in [0.15, 0.2) is 72.8 Å². The Morgan fingerprint density at radius 1 is 0.974 bits per heavy atom. The normalized spacial score (nSPS) is 13.1. The lowest BCUT2D eigenvalue weighted by atomic mass is 9.87. The van der Waals surface area contributed by atoms with Crippen LogP contribution in [0.5, 0.6) is 0 Å². The van der Waals surface area contributed by atoms with Crippen LogP contribution < -0.4 is 10.2 Å². The number of rotatable bonds is 8. The number of aromatic nitrogens is 4. The van der Waals surface area contributed by atoms with Gasteiger partial charge in [0.15, 0.2) is 5.82 Å². The number of benzene rings is 3. The summed E-state index contributed by atoms with van der Waals surface area (Å²) in [6, 6.07) is 23.6. The van der Waals surface area contributed by atoms with Crippen molar-refractivity contribution < 1.29 is 9.90 Å². The van der Waals surface area contributed by atoms with Crippen molar-refractivity contribution in [1.82, 2.24) is 25.9 Å². The maximum absolute atomic E-state index is 13.6. The predicted octanol–water partition coefficient (Wildman–Crippen LogP) is 5.56. The summed E-state index contributed by atoms with van der Waals surface area (Å²) in [5.74, 6) is 0.450. The monoisotopic (exact) mass is 512 g/mol. The Morgan fingerprint density at radius 2 is 1.61 bits per heavy atom. The average Bonchev–Trinajstić information content (AvgIpc) is 3.40. The summed E-state index contributed by atoms with van der Waals surface area (Å²) in [5, 5.41) is 27.4. The maximum atomic E-state index is 13.6. The third-order valence-corrected chi connectivity index (χ3v) is 6.68. The highest BCUT2D eigenvalue weighted by molar-refractivity contribution is 5.92. The quantitative estimate of drug-likeness (QED) is 0.287. The molecular formula is C30H36N6O2. The Bertz CT molecular complexity index is 1310. The summed E-state index contributed by atoms with van der Waals surface area (Å²) in [6.45, 7) is 10.9. The number of H-pyrrole nitrogens is 1. The Balaban J connectivity index is 1.54. The van der Waals surface area contributed by atoms with E-state index in [1.54, 1.807) is 4.90 Å². The van der Waals surface area contributed by atoms with Crippen LogP contribution in [0.25, 0.3) is 0 Å². The first kappa shape index (κ1) is 27.0. The largest absolute Gasteiger partial charge is 0.388 e. The molecular weight excluding hydrogens is 476 g/mol. The van der Waals surface area contributed by atoms with E-state index >= 15 is 0 Å². The predicted molar refractivity (Wildman–Crippen MR) is 149 cm³/mol. The van der Waals surface area contributed by atoms with Crippen molar-refractivity contribution in [3.05, 3.63) is 106 Å². The van der Waals surface area contributed by atoms with Gasteiger partial charge in [-0.25, -0.2) is 4.79 Å². The molecule has 0 bridgehead atoms. The number of hydrogen-bond donors (Lipinski definition) is 3. The highest BCUT2D eigenvalue weighted by Gasteiger charge is 2.21. The molecule has 4 aromatic rings. The molecule has 2 unspecified atom stereocenters. The molecule has 0 radical (unpaired) electrons. The van der Waals surface area contributed by atoms with Crippen LogP contribution in [0.3, 0.4) is 0 Å². The van der Waals surface area contributed by atoms with E-state index in [0.717, 1.165) is 22.4 Å². The first-order chi connectivity index (χ1) is 18.1. The van der Waals surface area contributed by atoms with Gasteiger partial charge in [-0.15, -0.1) is 10.2 Å². The van der Waals surface area contributed by atoms with E-state index in [1.165, 1.54) is 11.1 Å². The van der Waals surface area contributed by atoms with Gasteiger partial charge in [0.25, 0.3) is 0 Å². The number of carbonyl (C=O) groups is 1. The zero-order valence-electron chi connectivity index (χ0n) is 22.6. The van der Waals surface area contributed by atoms with Gasteiger partial charge in [-0.1, -0.05) is 92.2 Å². The topological polar surface area (TPSA) is 107 Å². The number of anilines is 1. The molecule has 4 rings (SSSR count). The van der Waals surface area contributed by atoms with Crippen LogP contribution in [0.2, 0.25) is 0 Å². The molecule has 3 N–H and O–H groups in total. The van der Waals surface area contributed by atoms with Crippen LogP contribution >= 0.6 is 0 Å². The number of aryl methyl sites for hydroxylation is 1. The van der Waals surface area contributed by atoms with E-state index in [0.29, 0.717) is 12.4 Å². The van der Waals surface area contributed by atoms with Crippen LogP contribution in [-0.4, -0.2) is 31.8 Å². The molecule has 2 amide bonds. The number of aliphatic hydroxyl groups excluding tert-OH is 1. The van der Waals surface area contributed by atoms with E-state index in [2.05, 4.69) is 71.0 Å². The molecule has 0 saturated heterocycles. The zero-order chi connectivity index (χ0) is 27.3. The first-order valence-electron chi connectivity index (χ1n) is 12.8. The van der Waals surface area contributed by atoms with Crippen LogP contribution in [0.1, 0.15) is 73.5 Å². The van der Waals surface area contributed by atoms with Gasteiger partial charge >= 0.3 is 6.03 Å². The summed E-state index contributed by atoms with van der Waals surface area (Å²) in [4.78, 5) is 15.3. The summed E-state index contributed by atoms with van der Waals surface area (Å²) >= 11 is 0. The molecule has 1 aromatic heterocycles. The Labute approximate surface area is 224 Å². The summed E-state index contributed by atoms with van der Waals surface area (Å²) in [7, 11) is 0. The second-order valence-electron chi connectivity index (χ2n) is 10.8. The van der Waals surface area contributed by atoms with Crippen molar-refractivity contribution in [2.75, 3.05) is 4.90 Å². The number of hydrogen-bond acceptors (Lipinski definition) is 5. The van der Waals surface area contributed by atoms with Gasteiger partial charge in [-0.2, -0.15) is 5.21 Å². The lowest BCUT2D eigenvalue weighted by Crippen LogP contribution is -2.40. The standard InChI is InChI=1S/C30H36N6O2/c1-20-6-10-23(11-7-20)21(2)31-29(38)36(26-16-14-25(15-17-26)30(3,4)5)19-22-8-12-24(13-9-22)27(37)18-28-32-34-35-33-28/h6-17,21,27,37H,18-19H2,1-5H3,(H,31,38)(H,32,33,34,35). The van der Waals surface area contributed by atoms with Crippen LogP contribution in [-0.2, 0) is 18.4 Å². The maximum Gasteiger partial charge on any atom is 0.322 e. The van der Waals surface area contributed by atoms with E-state index in [-0.39, 0.29) is 23.9 Å². The van der Waals surface area contributed by atoms with Crippen LogP contribution in [0.4, 0.5) is 10.5 Å². The highest BCUT2D eigenvalue weighted by atomic mass is 16.3. The molecule has 1 heterocycles. The van der Waals surface area contributed by atoms with E-state index in [1.807, 2.05) is 62.4 Å². The Hall–Kier alpha value is -4.04. The summed E-state index contributed by atoms with van der Waals surface area (Å²) in [5.41, 5.74) is 5.95. The average molecular weight is 513 g/mol. The fourth-order valence-corrected chi connectivity index (χ4v) is 4.21. The van der Waals surface area contributed by atoms with Gasteiger partial charge in [-0.3, -0.25) is 4.90 Å². The van der Waals surface area contributed by atoms with E-state index < -0.39 is 6.10 Å². The smallest absolute Gasteiger partial charge is 0.322 e.